The maximum absolute atomic E-state index is 4.77. The van der Waals surface area contributed by atoms with Gasteiger partial charge >= 0.3 is 0 Å². The standard InChI is InChI=1S/C20H35N5/c1-4-21-20(23-17-18(3)19-9-7-6-8-10-19)22-11-12-25-15-13-24(5-2)14-16-25/h6-10,18H,4-5,11-17H2,1-3H3,(H2,21,22,23). The van der Waals surface area contributed by atoms with Crippen LogP contribution < -0.4 is 10.6 Å². The van der Waals surface area contributed by atoms with Crippen LogP contribution >= 0.6 is 0 Å². The highest BCUT2D eigenvalue weighted by Gasteiger charge is 2.14. The van der Waals surface area contributed by atoms with Crippen LogP contribution in [0.25, 0.3) is 0 Å². The van der Waals surface area contributed by atoms with Gasteiger partial charge in [-0.3, -0.25) is 9.89 Å². The Kier molecular flexibility index (Phi) is 8.77. The fourth-order valence-corrected chi connectivity index (χ4v) is 3.12. The average Bonchev–Trinajstić information content (AvgIpc) is 2.67. The molecule has 5 heteroatoms. The smallest absolute Gasteiger partial charge is 0.191 e. The van der Waals surface area contributed by atoms with Crippen molar-refractivity contribution in [2.24, 2.45) is 4.99 Å². The van der Waals surface area contributed by atoms with Crippen LogP contribution in [-0.2, 0) is 0 Å². The van der Waals surface area contributed by atoms with Crippen molar-refractivity contribution in [1.82, 2.24) is 20.4 Å². The molecule has 2 N–H and O–H groups in total. The molecule has 0 aliphatic carbocycles. The van der Waals surface area contributed by atoms with Gasteiger partial charge < -0.3 is 15.5 Å². The molecule has 1 aliphatic rings. The van der Waals surface area contributed by atoms with E-state index >= 15 is 0 Å². The minimum absolute atomic E-state index is 0.429. The molecule has 1 heterocycles. The van der Waals surface area contributed by atoms with Gasteiger partial charge in [0.1, 0.15) is 0 Å². The number of rotatable bonds is 8. The van der Waals surface area contributed by atoms with Gasteiger partial charge in [-0.25, -0.2) is 0 Å². The van der Waals surface area contributed by atoms with Crippen molar-refractivity contribution in [3.05, 3.63) is 35.9 Å². The summed E-state index contributed by atoms with van der Waals surface area (Å²) in [6.45, 7) is 16.2. The predicted octanol–water partition coefficient (Wildman–Crippen LogP) is 1.98. The van der Waals surface area contributed by atoms with Gasteiger partial charge in [0.2, 0.25) is 0 Å². The SMILES string of the molecule is CCNC(=NCC(C)c1ccccc1)NCCN1CCN(CC)CC1. The Morgan fingerprint density at radius 3 is 2.36 bits per heavy atom. The maximum Gasteiger partial charge on any atom is 0.191 e. The summed E-state index contributed by atoms with van der Waals surface area (Å²) in [5.74, 6) is 1.36. The molecule has 0 radical (unpaired) electrons. The number of likely N-dealkylation sites (N-methyl/N-ethyl adjacent to an activating group) is 1. The molecular weight excluding hydrogens is 310 g/mol. The van der Waals surface area contributed by atoms with E-state index in [1.165, 1.54) is 38.3 Å². The van der Waals surface area contributed by atoms with Gasteiger partial charge in [-0.15, -0.1) is 0 Å². The molecule has 0 aromatic heterocycles. The topological polar surface area (TPSA) is 42.9 Å². The molecule has 1 fully saturated rings. The number of hydrogen-bond acceptors (Lipinski definition) is 3. The number of hydrogen-bond donors (Lipinski definition) is 2. The Morgan fingerprint density at radius 1 is 1.04 bits per heavy atom. The third-order valence-corrected chi connectivity index (χ3v) is 4.87. The third-order valence-electron chi connectivity index (χ3n) is 4.87. The molecule has 5 nitrogen and oxygen atoms in total. The fraction of sp³-hybridized carbons (Fsp3) is 0.650. The molecule has 0 bridgehead atoms. The zero-order valence-electron chi connectivity index (χ0n) is 16.2. The minimum Gasteiger partial charge on any atom is -0.357 e. The van der Waals surface area contributed by atoms with Crippen molar-refractivity contribution < 1.29 is 0 Å². The van der Waals surface area contributed by atoms with Gasteiger partial charge in [0, 0.05) is 58.3 Å². The van der Waals surface area contributed by atoms with E-state index in [4.69, 9.17) is 4.99 Å². The Labute approximate surface area is 153 Å². The van der Waals surface area contributed by atoms with Crippen LogP contribution in [0.15, 0.2) is 35.3 Å². The lowest BCUT2D eigenvalue weighted by molar-refractivity contribution is 0.139. The van der Waals surface area contributed by atoms with Gasteiger partial charge in [0.15, 0.2) is 5.96 Å². The summed E-state index contributed by atoms with van der Waals surface area (Å²) in [7, 11) is 0. The highest BCUT2D eigenvalue weighted by atomic mass is 15.3. The van der Waals surface area contributed by atoms with Crippen molar-refractivity contribution in [2.75, 3.05) is 58.9 Å². The molecule has 1 aromatic rings. The third kappa shape index (κ3) is 7.04. The second kappa shape index (κ2) is 11.1. The summed E-state index contributed by atoms with van der Waals surface area (Å²) >= 11 is 0. The van der Waals surface area contributed by atoms with Crippen LogP contribution in [0.2, 0.25) is 0 Å². The largest absolute Gasteiger partial charge is 0.357 e. The van der Waals surface area contributed by atoms with Gasteiger partial charge in [0.05, 0.1) is 0 Å². The Morgan fingerprint density at radius 2 is 1.72 bits per heavy atom. The first-order chi connectivity index (χ1) is 12.2. The lowest BCUT2D eigenvalue weighted by atomic mass is 10.0. The van der Waals surface area contributed by atoms with Gasteiger partial charge in [-0.1, -0.05) is 44.2 Å². The van der Waals surface area contributed by atoms with Gasteiger partial charge in [-0.2, -0.15) is 0 Å². The summed E-state index contributed by atoms with van der Waals surface area (Å²) in [6, 6.07) is 10.6. The van der Waals surface area contributed by atoms with E-state index in [9.17, 15) is 0 Å². The quantitative estimate of drug-likeness (QED) is 0.559. The second-order valence-corrected chi connectivity index (χ2v) is 6.73. The minimum atomic E-state index is 0.429. The molecule has 1 aromatic carbocycles. The number of guanidine groups is 1. The number of aliphatic imine (C=N–C) groups is 1. The summed E-state index contributed by atoms with van der Waals surface area (Å²) in [5, 5.41) is 6.84. The summed E-state index contributed by atoms with van der Waals surface area (Å²) in [5.41, 5.74) is 1.34. The van der Waals surface area contributed by atoms with Crippen LogP contribution in [0.4, 0.5) is 0 Å². The van der Waals surface area contributed by atoms with Crippen molar-refractivity contribution >= 4 is 5.96 Å². The molecule has 1 saturated heterocycles. The normalized spacial score (nSPS) is 18.1. The average molecular weight is 346 g/mol. The monoisotopic (exact) mass is 345 g/mol. The van der Waals surface area contributed by atoms with Crippen LogP contribution in [0.3, 0.4) is 0 Å². The van der Waals surface area contributed by atoms with Gasteiger partial charge in [0.25, 0.3) is 0 Å². The molecule has 0 amide bonds. The first-order valence-electron chi connectivity index (χ1n) is 9.74. The summed E-state index contributed by atoms with van der Waals surface area (Å²) < 4.78 is 0. The van der Waals surface area contributed by atoms with E-state index in [0.717, 1.165) is 32.1 Å². The van der Waals surface area contributed by atoms with Crippen molar-refractivity contribution in [1.29, 1.82) is 0 Å². The van der Waals surface area contributed by atoms with E-state index in [1.54, 1.807) is 0 Å². The predicted molar refractivity (Wildman–Crippen MR) is 107 cm³/mol. The molecule has 140 valence electrons. The molecular formula is C20H35N5. The lowest BCUT2D eigenvalue weighted by Crippen LogP contribution is -2.49. The molecule has 2 rings (SSSR count). The zero-order valence-corrected chi connectivity index (χ0v) is 16.2. The van der Waals surface area contributed by atoms with E-state index in [1.807, 2.05) is 0 Å². The molecule has 1 aliphatic heterocycles. The number of nitrogens with one attached hydrogen (secondary N) is 2. The van der Waals surface area contributed by atoms with Crippen molar-refractivity contribution in [3.63, 3.8) is 0 Å². The lowest BCUT2D eigenvalue weighted by Gasteiger charge is -2.34. The Bertz CT molecular complexity index is 494. The number of piperazine rings is 1. The first kappa shape index (κ1) is 19.7. The zero-order chi connectivity index (χ0) is 17.9. The van der Waals surface area contributed by atoms with E-state index in [2.05, 4.69) is 71.5 Å². The number of benzene rings is 1. The van der Waals surface area contributed by atoms with Crippen LogP contribution in [0.1, 0.15) is 32.3 Å². The fourth-order valence-electron chi connectivity index (χ4n) is 3.12. The summed E-state index contributed by atoms with van der Waals surface area (Å²) in [6.07, 6.45) is 0. The molecule has 1 atom stereocenters. The Balaban J connectivity index is 1.74. The highest BCUT2D eigenvalue weighted by Crippen LogP contribution is 2.14. The molecule has 1 unspecified atom stereocenters. The molecule has 0 spiro atoms. The van der Waals surface area contributed by atoms with E-state index in [-0.39, 0.29) is 0 Å². The Hall–Kier alpha value is -1.59. The molecule has 25 heavy (non-hydrogen) atoms. The first-order valence-corrected chi connectivity index (χ1v) is 9.74. The van der Waals surface area contributed by atoms with Crippen molar-refractivity contribution in [2.45, 2.75) is 26.7 Å². The van der Waals surface area contributed by atoms with Crippen molar-refractivity contribution in [3.8, 4) is 0 Å². The van der Waals surface area contributed by atoms with E-state index < -0.39 is 0 Å². The second-order valence-electron chi connectivity index (χ2n) is 6.73. The van der Waals surface area contributed by atoms with Crippen LogP contribution in [0, 0.1) is 0 Å². The maximum atomic E-state index is 4.77. The summed E-state index contributed by atoms with van der Waals surface area (Å²) in [4.78, 5) is 9.82. The highest BCUT2D eigenvalue weighted by molar-refractivity contribution is 5.79. The van der Waals surface area contributed by atoms with E-state index in [0.29, 0.717) is 5.92 Å². The van der Waals surface area contributed by atoms with Crippen LogP contribution in [0.5, 0.6) is 0 Å². The van der Waals surface area contributed by atoms with Gasteiger partial charge in [-0.05, 0) is 19.0 Å². The molecule has 0 saturated carbocycles. The number of nitrogens with zero attached hydrogens (tertiary/aromatic N) is 3. The van der Waals surface area contributed by atoms with Crippen LogP contribution in [-0.4, -0.2) is 74.7 Å².